The van der Waals surface area contributed by atoms with Crippen molar-refractivity contribution >= 4 is 11.9 Å². The first-order chi connectivity index (χ1) is 14.6. The van der Waals surface area contributed by atoms with E-state index in [-0.39, 0.29) is 5.91 Å². The number of amides is 1. The first-order valence-corrected chi connectivity index (χ1v) is 10.9. The zero-order chi connectivity index (χ0) is 21.2. The summed E-state index contributed by atoms with van der Waals surface area (Å²) in [7, 11) is 0. The smallest absolute Gasteiger partial charge is 0.251 e. The minimum Gasteiger partial charge on any atom is -0.494 e. The Balaban J connectivity index is 1.30. The predicted molar refractivity (Wildman–Crippen MR) is 119 cm³/mol. The molecule has 0 saturated carbocycles. The molecule has 2 heterocycles. The molecule has 1 aliphatic rings. The summed E-state index contributed by atoms with van der Waals surface area (Å²) in [6.07, 6.45) is 5.52. The second-order valence-corrected chi connectivity index (χ2v) is 8.04. The van der Waals surface area contributed by atoms with Gasteiger partial charge in [0.2, 0.25) is 5.95 Å². The van der Waals surface area contributed by atoms with Gasteiger partial charge in [-0.3, -0.25) is 9.69 Å². The van der Waals surface area contributed by atoms with Crippen LogP contribution in [-0.4, -0.2) is 66.7 Å². The Bertz CT molecular complexity index is 759. The summed E-state index contributed by atoms with van der Waals surface area (Å²) in [5.74, 6) is 2.21. The lowest BCUT2D eigenvalue weighted by atomic mass is 10.1. The summed E-state index contributed by atoms with van der Waals surface area (Å²) >= 11 is 0. The number of aromatic nitrogens is 2. The maximum absolute atomic E-state index is 12.3. The molecule has 1 aromatic carbocycles. The lowest BCUT2D eigenvalue weighted by molar-refractivity contribution is 0.0951. The normalized spacial score (nSPS) is 14.7. The van der Waals surface area contributed by atoms with Crippen LogP contribution >= 0.6 is 0 Å². The maximum atomic E-state index is 12.3. The van der Waals surface area contributed by atoms with Crippen LogP contribution in [0, 0.1) is 5.92 Å². The van der Waals surface area contributed by atoms with Crippen molar-refractivity contribution < 1.29 is 9.53 Å². The van der Waals surface area contributed by atoms with Gasteiger partial charge in [0, 0.05) is 50.7 Å². The molecule has 1 fully saturated rings. The SMILES string of the molecule is CC(C)CCOc1ccc(C(=O)NCCCN2CCN(c3ncccn3)CC2)cc1. The third-order valence-corrected chi connectivity index (χ3v) is 5.22. The Kier molecular flexibility index (Phi) is 8.44. The summed E-state index contributed by atoms with van der Waals surface area (Å²) in [5.41, 5.74) is 0.669. The highest BCUT2D eigenvalue weighted by Crippen LogP contribution is 2.14. The molecule has 162 valence electrons. The van der Waals surface area contributed by atoms with Gasteiger partial charge in [0.25, 0.3) is 5.91 Å². The number of hydrogen-bond donors (Lipinski definition) is 1. The molecule has 1 saturated heterocycles. The number of anilines is 1. The predicted octanol–water partition coefficient (Wildman–Crippen LogP) is 2.84. The monoisotopic (exact) mass is 411 g/mol. The quantitative estimate of drug-likeness (QED) is 0.606. The summed E-state index contributed by atoms with van der Waals surface area (Å²) in [6.45, 7) is 10.6. The third-order valence-electron chi connectivity index (χ3n) is 5.22. The van der Waals surface area contributed by atoms with Crippen LogP contribution in [0.5, 0.6) is 5.75 Å². The average Bonchev–Trinajstić information content (AvgIpc) is 2.78. The van der Waals surface area contributed by atoms with Crippen LogP contribution in [-0.2, 0) is 0 Å². The van der Waals surface area contributed by atoms with Crippen molar-refractivity contribution in [3.63, 3.8) is 0 Å². The highest BCUT2D eigenvalue weighted by molar-refractivity contribution is 5.94. The van der Waals surface area contributed by atoms with E-state index in [1.165, 1.54) is 0 Å². The molecule has 1 N–H and O–H groups in total. The summed E-state index contributed by atoms with van der Waals surface area (Å²) < 4.78 is 5.70. The minimum atomic E-state index is -0.0326. The number of nitrogens with zero attached hydrogens (tertiary/aromatic N) is 4. The van der Waals surface area contributed by atoms with Crippen molar-refractivity contribution in [2.24, 2.45) is 5.92 Å². The van der Waals surface area contributed by atoms with Crippen LogP contribution in [0.3, 0.4) is 0 Å². The molecule has 0 unspecified atom stereocenters. The zero-order valence-electron chi connectivity index (χ0n) is 18.1. The van der Waals surface area contributed by atoms with Crippen molar-refractivity contribution in [3.8, 4) is 5.75 Å². The fraction of sp³-hybridized carbons (Fsp3) is 0.522. The van der Waals surface area contributed by atoms with Crippen LogP contribution in [0.25, 0.3) is 0 Å². The van der Waals surface area contributed by atoms with Gasteiger partial charge in [0.1, 0.15) is 5.75 Å². The average molecular weight is 412 g/mol. The van der Waals surface area contributed by atoms with Crippen molar-refractivity contribution in [1.82, 2.24) is 20.2 Å². The van der Waals surface area contributed by atoms with Crippen molar-refractivity contribution in [1.29, 1.82) is 0 Å². The van der Waals surface area contributed by atoms with Crippen LogP contribution < -0.4 is 15.0 Å². The fourth-order valence-electron chi connectivity index (χ4n) is 3.35. The number of rotatable bonds is 10. The van der Waals surface area contributed by atoms with E-state index in [1.54, 1.807) is 12.4 Å². The van der Waals surface area contributed by atoms with Crippen LogP contribution in [0.2, 0.25) is 0 Å². The molecule has 7 nitrogen and oxygen atoms in total. The number of benzene rings is 1. The molecular weight excluding hydrogens is 378 g/mol. The molecule has 3 rings (SSSR count). The second-order valence-electron chi connectivity index (χ2n) is 8.04. The number of carbonyl (C=O) groups is 1. The van der Waals surface area contributed by atoms with Crippen molar-refractivity contribution in [3.05, 3.63) is 48.3 Å². The molecule has 1 aliphatic heterocycles. The van der Waals surface area contributed by atoms with E-state index in [0.717, 1.165) is 57.3 Å². The third kappa shape index (κ3) is 6.99. The van der Waals surface area contributed by atoms with Gasteiger partial charge in [-0.15, -0.1) is 0 Å². The van der Waals surface area contributed by atoms with E-state index in [4.69, 9.17) is 4.74 Å². The van der Waals surface area contributed by atoms with Gasteiger partial charge < -0.3 is 15.0 Å². The molecule has 1 aromatic heterocycles. The number of piperazine rings is 1. The largest absolute Gasteiger partial charge is 0.494 e. The van der Waals surface area contributed by atoms with Gasteiger partial charge in [0.05, 0.1) is 6.61 Å². The highest BCUT2D eigenvalue weighted by Gasteiger charge is 2.18. The molecule has 0 radical (unpaired) electrons. The topological polar surface area (TPSA) is 70.6 Å². The van der Waals surface area contributed by atoms with E-state index < -0.39 is 0 Å². The van der Waals surface area contributed by atoms with E-state index in [0.29, 0.717) is 24.6 Å². The molecule has 0 bridgehead atoms. The molecule has 0 spiro atoms. The summed E-state index contributed by atoms with van der Waals surface area (Å²) in [6, 6.07) is 9.22. The van der Waals surface area contributed by atoms with Gasteiger partial charge in [-0.2, -0.15) is 0 Å². The van der Waals surface area contributed by atoms with Crippen LogP contribution in [0.1, 0.15) is 37.0 Å². The Labute approximate surface area is 179 Å². The fourth-order valence-corrected chi connectivity index (χ4v) is 3.35. The molecule has 2 aromatic rings. The zero-order valence-corrected chi connectivity index (χ0v) is 18.1. The maximum Gasteiger partial charge on any atom is 0.251 e. The molecular formula is C23H33N5O2. The molecule has 0 aliphatic carbocycles. The standard InChI is InChI=1S/C23H33N5O2/c1-19(2)9-18-30-21-7-5-20(6-8-21)22(29)24-12-4-13-27-14-16-28(17-15-27)23-25-10-3-11-26-23/h3,5-8,10-11,19H,4,9,12-18H2,1-2H3,(H,24,29). The summed E-state index contributed by atoms with van der Waals surface area (Å²) in [4.78, 5) is 25.6. The Morgan fingerprint density at radius 3 is 2.47 bits per heavy atom. The van der Waals surface area contributed by atoms with Gasteiger partial charge in [-0.25, -0.2) is 9.97 Å². The minimum absolute atomic E-state index is 0.0326. The van der Waals surface area contributed by atoms with Gasteiger partial charge in [-0.05, 0) is 55.6 Å². The van der Waals surface area contributed by atoms with Gasteiger partial charge >= 0.3 is 0 Å². The summed E-state index contributed by atoms with van der Waals surface area (Å²) in [5, 5.41) is 3.01. The molecule has 0 atom stereocenters. The van der Waals surface area contributed by atoms with E-state index >= 15 is 0 Å². The van der Waals surface area contributed by atoms with Gasteiger partial charge in [-0.1, -0.05) is 13.8 Å². The first-order valence-electron chi connectivity index (χ1n) is 10.9. The number of carbonyl (C=O) groups excluding carboxylic acids is 1. The number of nitrogens with one attached hydrogen (secondary N) is 1. The molecule has 30 heavy (non-hydrogen) atoms. The van der Waals surface area contributed by atoms with Crippen molar-refractivity contribution in [2.45, 2.75) is 26.7 Å². The Hall–Kier alpha value is -2.67. The molecule has 7 heteroatoms. The van der Waals surface area contributed by atoms with Crippen LogP contribution in [0.15, 0.2) is 42.7 Å². The number of hydrogen-bond acceptors (Lipinski definition) is 6. The van der Waals surface area contributed by atoms with Crippen LogP contribution in [0.4, 0.5) is 5.95 Å². The first kappa shape index (κ1) is 22.0. The van der Waals surface area contributed by atoms with Gasteiger partial charge in [0.15, 0.2) is 0 Å². The van der Waals surface area contributed by atoms with E-state index in [2.05, 4.69) is 38.9 Å². The lowest BCUT2D eigenvalue weighted by Crippen LogP contribution is -2.47. The molecule has 1 amide bonds. The second kappa shape index (κ2) is 11.5. The highest BCUT2D eigenvalue weighted by atomic mass is 16.5. The Morgan fingerprint density at radius 1 is 1.10 bits per heavy atom. The van der Waals surface area contributed by atoms with E-state index in [9.17, 15) is 4.79 Å². The number of ether oxygens (including phenoxy) is 1. The van der Waals surface area contributed by atoms with E-state index in [1.807, 2.05) is 30.3 Å². The Morgan fingerprint density at radius 2 is 1.80 bits per heavy atom. The van der Waals surface area contributed by atoms with Crippen molar-refractivity contribution in [2.75, 3.05) is 50.8 Å². The lowest BCUT2D eigenvalue weighted by Gasteiger charge is -2.34.